The van der Waals surface area contributed by atoms with Crippen LogP contribution in [0.15, 0.2) is 40.9 Å². The first-order chi connectivity index (χ1) is 9.95. The van der Waals surface area contributed by atoms with Gasteiger partial charge >= 0.3 is 0 Å². The molecule has 2 aromatic rings. The van der Waals surface area contributed by atoms with Gasteiger partial charge in [-0.15, -0.1) is 0 Å². The Kier molecular flexibility index (Phi) is 5.43. The molecule has 0 saturated heterocycles. The van der Waals surface area contributed by atoms with Crippen LogP contribution in [0, 0.1) is 13.8 Å². The molecule has 0 spiro atoms. The van der Waals surface area contributed by atoms with Crippen LogP contribution >= 0.6 is 15.9 Å². The summed E-state index contributed by atoms with van der Waals surface area (Å²) in [4.78, 5) is 0. The van der Waals surface area contributed by atoms with Gasteiger partial charge in [-0.3, -0.25) is 0 Å². The van der Waals surface area contributed by atoms with Crippen LogP contribution in [-0.2, 0) is 6.54 Å². The summed E-state index contributed by atoms with van der Waals surface area (Å²) in [5, 5.41) is 3.45. The van der Waals surface area contributed by atoms with Crippen LogP contribution < -0.4 is 10.1 Å². The van der Waals surface area contributed by atoms with Gasteiger partial charge in [0.2, 0.25) is 0 Å². The second-order valence-corrected chi connectivity index (χ2v) is 6.57. The molecular formula is C18H22BrNO. The van der Waals surface area contributed by atoms with Gasteiger partial charge in [0.25, 0.3) is 0 Å². The van der Waals surface area contributed by atoms with Crippen molar-refractivity contribution in [1.82, 2.24) is 5.32 Å². The number of nitrogens with one attached hydrogen (secondary N) is 1. The van der Waals surface area contributed by atoms with Crippen molar-refractivity contribution in [2.75, 3.05) is 0 Å². The number of hydrogen-bond donors (Lipinski definition) is 1. The molecule has 0 heterocycles. The van der Waals surface area contributed by atoms with Crippen molar-refractivity contribution in [3.8, 4) is 11.5 Å². The minimum Gasteiger partial charge on any atom is -0.457 e. The van der Waals surface area contributed by atoms with E-state index in [0.717, 1.165) is 28.1 Å². The van der Waals surface area contributed by atoms with E-state index in [0.29, 0.717) is 6.04 Å². The fourth-order valence-corrected chi connectivity index (χ4v) is 2.40. The first kappa shape index (κ1) is 16.1. The van der Waals surface area contributed by atoms with Crippen molar-refractivity contribution >= 4 is 15.9 Å². The summed E-state index contributed by atoms with van der Waals surface area (Å²) in [5.41, 5.74) is 3.55. The third-order valence-corrected chi connectivity index (χ3v) is 3.78. The third kappa shape index (κ3) is 4.58. The zero-order chi connectivity index (χ0) is 15.4. The third-order valence-electron chi connectivity index (χ3n) is 3.29. The Morgan fingerprint density at radius 1 is 1.05 bits per heavy atom. The molecule has 2 aromatic carbocycles. The number of rotatable bonds is 5. The SMILES string of the molecule is Cc1ccc(Oc2cc(Br)ccc2C)c(CNC(C)C)c1. The molecule has 2 rings (SSSR count). The normalized spacial score (nSPS) is 11.0. The maximum atomic E-state index is 6.14. The summed E-state index contributed by atoms with van der Waals surface area (Å²) in [6, 6.07) is 12.9. The maximum Gasteiger partial charge on any atom is 0.131 e. The van der Waals surface area contributed by atoms with Gasteiger partial charge in [-0.1, -0.05) is 53.5 Å². The van der Waals surface area contributed by atoms with E-state index in [1.165, 1.54) is 11.1 Å². The second-order valence-electron chi connectivity index (χ2n) is 5.66. The lowest BCUT2D eigenvalue weighted by Crippen LogP contribution is -2.22. The standard InChI is InChI=1S/C18H22BrNO/c1-12(2)20-11-15-9-13(3)5-8-17(15)21-18-10-16(19)7-6-14(18)4/h5-10,12,20H,11H2,1-4H3. The molecule has 3 heteroatoms. The van der Waals surface area contributed by atoms with Gasteiger partial charge in [0.15, 0.2) is 0 Å². The molecule has 0 unspecified atom stereocenters. The molecule has 0 aliphatic carbocycles. The number of aryl methyl sites for hydroxylation is 2. The van der Waals surface area contributed by atoms with Crippen molar-refractivity contribution in [3.63, 3.8) is 0 Å². The lowest BCUT2D eigenvalue weighted by molar-refractivity contribution is 0.465. The van der Waals surface area contributed by atoms with Gasteiger partial charge < -0.3 is 10.1 Å². The average Bonchev–Trinajstić information content (AvgIpc) is 2.43. The van der Waals surface area contributed by atoms with Crippen molar-refractivity contribution in [2.24, 2.45) is 0 Å². The maximum absolute atomic E-state index is 6.14. The second kappa shape index (κ2) is 7.10. The highest BCUT2D eigenvalue weighted by Crippen LogP contribution is 2.30. The van der Waals surface area contributed by atoms with Gasteiger partial charge in [-0.2, -0.15) is 0 Å². The molecule has 0 aliphatic heterocycles. The molecule has 0 aliphatic rings. The van der Waals surface area contributed by atoms with E-state index < -0.39 is 0 Å². The van der Waals surface area contributed by atoms with E-state index in [2.05, 4.69) is 67.1 Å². The Bertz CT molecular complexity index is 623. The van der Waals surface area contributed by atoms with Gasteiger partial charge in [0.05, 0.1) is 0 Å². The molecule has 0 atom stereocenters. The highest BCUT2D eigenvalue weighted by Gasteiger charge is 2.08. The lowest BCUT2D eigenvalue weighted by Gasteiger charge is -2.15. The molecule has 1 N–H and O–H groups in total. The highest BCUT2D eigenvalue weighted by atomic mass is 79.9. The Morgan fingerprint density at radius 3 is 2.52 bits per heavy atom. The number of halogens is 1. The summed E-state index contributed by atoms with van der Waals surface area (Å²) in [5.74, 6) is 1.80. The van der Waals surface area contributed by atoms with Crippen molar-refractivity contribution in [2.45, 2.75) is 40.3 Å². The van der Waals surface area contributed by atoms with E-state index in [1.807, 2.05) is 18.2 Å². The summed E-state index contributed by atoms with van der Waals surface area (Å²) in [6.45, 7) is 9.26. The van der Waals surface area contributed by atoms with E-state index in [9.17, 15) is 0 Å². The van der Waals surface area contributed by atoms with Crippen LogP contribution in [0.4, 0.5) is 0 Å². The molecule has 2 nitrogen and oxygen atoms in total. The monoisotopic (exact) mass is 347 g/mol. The summed E-state index contributed by atoms with van der Waals surface area (Å²) in [6.07, 6.45) is 0. The van der Waals surface area contributed by atoms with Crippen LogP contribution in [0.1, 0.15) is 30.5 Å². The van der Waals surface area contributed by atoms with Crippen LogP contribution in [0.5, 0.6) is 11.5 Å². The molecule has 0 fully saturated rings. The van der Waals surface area contributed by atoms with Crippen LogP contribution in [0.25, 0.3) is 0 Å². The minimum atomic E-state index is 0.450. The lowest BCUT2D eigenvalue weighted by atomic mass is 10.1. The zero-order valence-electron chi connectivity index (χ0n) is 13.0. The smallest absolute Gasteiger partial charge is 0.131 e. The minimum absolute atomic E-state index is 0.450. The predicted octanol–water partition coefficient (Wildman–Crippen LogP) is 5.36. The van der Waals surface area contributed by atoms with E-state index in [-0.39, 0.29) is 0 Å². The van der Waals surface area contributed by atoms with Gasteiger partial charge in [-0.25, -0.2) is 0 Å². The van der Waals surface area contributed by atoms with Crippen LogP contribution in [-0.4, -0.2) is 6.04 Å². The van der Waals surface area contributed by atoms with Crippen molar-refractivity contribution < 1.29 is 4.74 Å². The topological polar surface area (TPSA) is 21.3 Å². The number of benzene rings is 2. The van der Waals surface area contributed by atoms with E-state index in [1.54, 1.807) is 0 Å². The Morgan fingerprint density at radius 2 is 1.81 bits per heavy atom. The Labute approximate surface area is 135 Å². The molecule has 0 saturated carbocycles. The fraction of sp³-hybridized carbons (Fsp3) is 0.333. The molecule has 0 radical (unpaired) electrons. The molecule has 0 amide bonds. The zero-order valence-corrected chi connectivity index (χ0v) is 14.6. The van der Waals surface area contributed by atoms with Gasteiger partial charge in [0.1, 0.15) is 11.5 Å². The Hall–Kier alpha value is -1.32. The predicted molar refractivity (Wildman–Crippen MR) is 92.1 cm³/mol. The largest absolute Gasteiger partial charge is 0.457 e. The van der Waals surface area contributed by atoms with Gasteiger partial charge in [-0.05, 0) is 37.6 Å². The molecule has 21 heavy (non-hydrogen) atoms. The van der Waals surface area contributed by atoms with E-state index in [4.69, 9.17) is 4.74 Å². The first-order valence-corrected chi connectivity index (χ1v) is 8.02. The quantitative estimate of drug-likeness (QED) is 0.786. The van der Waals surface area contributed by atoms with Crippen LogP contribution in [0.2, 0.25) is 0 Å². The summed E-state index contributed by atoms with van der Waals surface area (Å²) in [7, 11) is 0. The molecule has 112 valence electrons. The van der Waals surface area contributed by atoms with Gasteiger partial charge in [0, 0.05) is 22.6 Å². The highest BCUT2D eigenvalue weighted by molar-refractivity contribution is 9.10. The number of ether oxygens (including phenoxy) is 1. The average molecular weight is 348 g/mol. The molecule has 0 bridgehead atoms. The van der Waals surface area contributed by atoms with Crippen molar-refractivity contribution in [3.05, 3.63) is 57.6 Å². The van der Waals surface area contributed by atoms with E-state index >= 15 is 0 Å². The fourth-order valence-electron chi connectivity index (χ4n) is 2.06. The summed E-state index contributed by atoms with van der Waals surface area (Å²) >= 11 is 3.50. The summed E-state index contributed by atoms with van der Waals surface area (Å²) < 4.78 is 7.16. The first-order valence-electron chi connectivity index (χ1n) is 7.22. The molecular weight excluding hydrogens is 326 g/mol. The van der Waals surface area contributed by atoms with Crippen molar-refractivity contribution in [1.29, 1.82) is 0 Å². The Balaban J connectivity index is 2.28. The molecule has 0 aromatic heterocycles. The van der Waals surface area contributed by atoms with Crippen LogP contribution in [0.3, 0.4) is 0 Å². The number of hydrogen-bond acceptors (Lipinski definition) is 2.